The average Bonchev–Trinajstić information content (AvgIpc) is 2.12. The summed E-state index contributed by atoms with van der Waals surface area (Å²) < 4.78 is 0. The molecule has 0 bridgehead atoms. The lowest BCUT2D eigenvalue weighted by atomic mass is 10.00. The van der Waals surface area contributed by atoms with E-state index in [0.717, 1.165) is 6.42 Å². The van der Waals surface area contributed by atoms with Crippen molar-refractivity contribution in [1.29, 1.82) is 0 Å². The van der Waals surface area contributed by atoms with E-state index in [2.05, 4.69) is 33.0 Å². The largest absolute Gasteiger partial charge is 0.395 e. The van der Waals surface area contributed by atoms with E-state index in [1.807, 2.05) is 0 Å². The van der Waals surface area contributed by atoms with E-state index < -0.39 is 0 Å². The summed E-state index contributed by atoms with van der Waals surface area (Å²) in [5.41, 5.74) is 0. The molecular formula is C10H23NO. The van der Waals surface area contributed by atoms with Gasteiger partial charge in [0.1, 0.15) is 0 Å². The fourth-order valence-corrected chi connectivity index (χ4v) is 1.19. The van der Waals surface area contributed by atoms with Gasteiger partial charge in [-0.1, -0.05) is 27.2 Å². The zero-order valence-electron chi connectivity index (χ0n) is 8.80. The third kappa shape index (κ3) is 4.07. The van der Waals surface area contributed by atoms with Crippen molar-refractivity contribution >= 4 is 0 Å². The zero-order valence-corrected chi connectivity index (χ0v) is 8.80. The molecule has 2 nitrogen and oxygen atoms in total. The summed E-state index contributed by atoms with van der Waals surface area (Å²) in [5.74, 6) is 0.686. The van der Waals surface area contributed by atoms with Gasteiger partial charge in [0, 0.05) is 12.1 Å². The minimum Gasteiger partial charge on any atom is -0.395 e. The molecule has 0 aromatic rings. The van der Waals surface area contributed by atoms with Crippen LogP contribution >= 0.6 is 0 Å². The first kappa shape index (κ1) is 11.9. The summed E-state index contributed by atoms with van der Waals surface area (Å²) in [6.07, 6.45) is 2.19. The molecular weight excluding hydrogens is 150 g/mol. The zero-order chi connectivity index (χ0) is 9.56. The Morgan fingerprint density at radius 3 is 2.08 bits per heavy atom. The molecule has 0 rings (SSSR count). The molecule has 0 aliphatic rings. The van der Waals surface area contributed by atoms with E-state index in [-0.39, 0.29) is 12.6 Å². The van der Waals surface area contributed by atoms with Crippen LogP contribution in [0.5, 0.6) is 0 Å². The molecule has 0 saturated carbocycles. The molecule has 0 heterocycles. The van der Waals surface area contributed by atoms with Gasteiger partial charge >= 0.3 is 0 Å². The van der Waals surface area contributed by atoms with Crippen LogP contribution in [0.3, 0.4) is 0 Å². The number of hydrogen-bond acceptors (Lipinski definition) is 2. The van der Waals surface area contributed by atoms with E-state index in [4.69, 9.17) is 5.11 Å². The van der Waals surface area contributed by atoms with Gasteiger partial charge < -0.3 is 10.4 Å². The molecule has 0 spiro atoms. The molecule has 0 fully saturated rings. The van der Waals surface area contributed by atoms with Gasteiger partial charge in [-0.2, -0.15) is 0 Å². The van der Waals surface area contributed by atoms with E-state index in [0.29, 0.717) is 12.0 Å². The number of hydrogen-bond donors (Lipinski definition) is 2. The van der Waals surface area contributed by atoms with Gasteiger partial charge in [-0.3, -0.25) is 0 Å². The van der Waals surface area contributed by atoms with Gasteiger partial charge in [-0.05, 0) is 19.3 Å². The van der Waals surface area contributed by atoms with Crippen LogP contribution in [-0.2, 0) is 0 Å². The lowest BCUT2D eigenvalue weighted by Crippen LogP contribution is -2.41. The summed E-state index contributed by atoms with van der Waals surface area (Å²) in [5, 5.41) is 12.4. The number of rotatable bonds is 6. The Bertz CT molecular complexity index is 102. The Morgan fingerprint density at radius 1 is 1.17 bits per heavy atom. The molecule has 0 aliphatic carbocycles. The van der Waals surface area contributed by atoms with Crippen molar-refractivity contribution < 1.29 is 5.11 Å². The van der Waals surface area contributed by atoms with Crippen LogP contribution in [0.25, 0.3) is 0 Å². The average molecular weight is 173 g/mol. The lowest BCUT2D eigenvalue weighted by Gasteiger charge is -2.24. The molecule has 0 saturated heterocycles. The molecule has 0 radical (unpaired) electrons. The van der Waals surface area contributed by atoms with Crippen molar-refractivity contribution in [2.75, 3.05) is 6.61 Å². The van der Waals surface area contributed by atoms with Crippen molar-refractivity contribution in [2.45, 2.75) is 52.6 Å². The highest BCUT2D eigenvalue weighted by molar-refractivity contribution is 4.72. The van der Waals surface area contributed by atoms with Crippen molar-refractivity contribution in [1.82, 2.24) is 5.32 Å². The van der Waals surface area contributed by atoms with E-state index in [1.54, 1.807) is 0 Å². The van der Waals surface area contributed by atoms with Crippen molar-refractivity contribution in [3.05, 3.63) is 0 Å². The van der Waals surface area contributed by atoms with Gasteiger partial charge in [-0.25, -0.2) is 0 Å². The summed E-state index contributed by atoms with van der Waals surface area (Å²) in [4.78, 5) is 0. The van der Waals surface area contributed by atoms with Crippen molar-refractivity contribution in [3.8, 4) is 0 Å². The van der Waals surface area contributed by atoms with Gasteiger partial charge in [0.15, 0.2) is 0 Å². The maximum atomic E-state index is 8.97. The van der Waals surface area contributed by atoms with Crippen LogP contribution in [0.15, 0.2) is 0 Å². The van der Waals surface area contributed by atoms with E-state index in [1.165, 1.54) is 6.42 Å². The fourth-order valence-electron chi connectivity index (χ4n) is 1.19. The minimum atomic E-state index is 0.247. The highest BCUT2D eigenvalue weighted by Gasteiger charge is 2.13. The quantitative estimate of drug-likeness (QED) is 0.641. The van der Waals surface area contributed by atoms with Crippen LogP contribution < -0.4 is 5.32 Å². The molecule has 0 aliphatic heterocycles. The number of nitrogens with one attached hydrogen (secondary N) is 1. The smallest absolute Gasteiger partial charge is 0.0584 e. The first-order chi connectivity index (χ1) is 5.65. The monoisotopic (exact) mass is 173 g/mol. The fraction of sp³-hybridized carbons (Fsp3) is 1.00. The molecule has 0 aromatic carbocycles. The minimum absolute atomic E-state index is 0.247. The Kier molecular flexibility index (Phi) is 6.39. The molecule has 0 aromatic heterocycles. The predicted octanol–water partition coefficient (Wildman–Crippen LogP) is 1.78. The number of aliphatic hydroxyl groups excluding tert-OH is 1. The first-order valence-corrected chi connectivity index (χ1v) is 5.02. The summed E-state index contributed by atoms with van der Waals surface area (Å²) >= 11 is 0. The van der Waals surface area contributed by atoms with E-state index in [9.17, 15) is 0 Å². The summed E-state index contributed by atoms with van der Waals surface area (Å²) in [7, 11) is 0. The Labute approximate surface area is 76.4 Å². The van der Waals surface area contributed by atoms with Gasteiger partial charge in [0.2, 0.25) is 0 Å². The molecule has 3 atom stereocenters. The highest BCUT2D eigenvalue weighted by atomic mass is 16.3. The van der Waals surface area contributed by atoms with Crippen LogP contribution in [0.2, 0.25) is 0 Å². The maximum Gasteiger partial charge on any atom is 0.0584 e. The molecule has 2 N–H and O–H groups in total. The topological polar surface area (TPSA) is 32.3 Å². The maximum absolute atomic E-state index is 8.97. The molecule has 74 valence electrons. The Morgan fingerprint density at radius 2 is 1.75 bits per heavy atom. The summed E-state index contributed by atoms with van der Waals surface area (Å²) in [6.45, 7) is 8.96. The third-order valence-corrected chi connectivity index (χ3v) is 2.71. The van der Waals surface area contributed by atoms with Crippen LogP contribution in [-0.4, -0.2) is 23.8 Å². The molecule has 0 amide bonds. The second-order valence-electron chi connectivity index (χ2n) is 3.63. The highest BCUT2D eigenvalue weighted by Crippen LogP contribution is 2.07. The van der Waals surface area contributed by atoms with E-state index >= 15 is 0 Å². The van der Waals surface area contributed by atoms with Crippen molar-refractivity contribution in [2.24, 2.45) is 5.92 Å². The second kappa shape index (κ2) is 6.44. The van der Waals surface area contributed by atoms with Crippen LogP contribution in [0.4, 0.5) is 0 Å². The predicted molar refractivity (Wildman–Crippen MR) is 53.2 cm³/mol. The van der Waals surface area contributed by atoms with Gasteiger partial charge in [0.25, 0.3) is 0 Å². The summed E-state index contributed by atoms with van der Waals surface area (Å²) in [6, 6.07) is 0.779. The van der Waals surface area contributed by atoms with Gasteiger partial charge in [0.05, 0.1) is 6.61 Å². The molecule has 2 unspecified atom stereocenters. The lowest BCUT2D eigenvalue weighted by molar-refractivity contribution is 0.216. The standard InChI is InChI=1S/C10H23NO/c1-5-8(3)9(4)11-10(6-2)7-12/h8-12H,5-7H2,1-4H3/t8?,9?,10-/m0/s1. The first-order valence-electron chi connectivity index (χ1n) is 5.02. The Balaban J connectivity index is 3.72. The normalized spacial score (nSPS) is 18.8. The second-order valence-corrected chi connectivity index (χ2v) is 3.63. The Hall–Kier alpha value is -0.0800. The van der Waals surface area contributed by atoms with Gasteiger partial charge in [-0.15, -0.1) is 0 Å². The third-order valence-electron chi connectivity index (χ3n) is 2.71. The van der Waals surface area contributed by atoms with Crippen LogP contribution in [0.1, 0.15) is 40.5 Å². The van der Waals surface area contributed by atoms with Crippen molar-refractivity contribution in [3.63, 3.8) is 0 Å². The molecule has 12 heavy (non-hydrogen) atoms. The number of aliphatic hydroxyl groups is 1. The van der Waals surface area contributed by atoms with Crippen LogP contribution in [0, 0.1) is 5.92 Å². The molecule has 2 heteroatoms. The SMILES string of the molecule is CCC(C)C(C)N[C@@H](CC)CO.